The molecule has 5 nitrogen and oxygen atoms in total. The first-order chi connectivity index (χ1) is 10.7. The van der Waals surface area contributed by atoms with E-state index < -0.39 is 0 Å². The van der Waals surface area contributed by atoms with Gasteiger partial charge in [0, 0.05) is 29.4 Å². The fourth-order valence-corrected chi connectivity index (χ4v) is 2.73. The lowest BCUT2D eigenvalue weighted by atomic mass is 10.1. The zero-order valence-corrected chi connectivity index (χ0v) is 12.7. The SMILES string of the molecule is O=C(c1cccc(Cl)c1)N1CCCC(Oc2ccncn2)C1. The molecule has 2 heterocycles. The average molecular weight is 318 g/mol. The van der Waals surface area contributed by atoms with Crippen molar-refractivity contribution in [3.8, 4) is 5.88 Å². The number of halogens is 1. The van der Waals surface area contributed by atoms with Crippen molar-refractivity contribution in [3.63, 3.8) is 0 Å². The Labute approximate surface area is 133 Å². The number of piperidine rings is 1. The molecule has 0 spiro atoms. The molecule has 1 saturated heterocycles. The molecule has 1 fully saturated rings. The van der Waals surface area contributed by atoms with Gasteiger partial charge in [-0.2, -0.15) is 0 Å². The Hall–Kier alpha value is -2.14. The lowest BCUT2D eigenvalue weighted by molar-refractivity contribution is 0.0527. The fourth-order valence-electron chi connectivity index (χ4n) is 2.54. The molecule has 1 aliphatic rings. The van der Waals surface area contributed by atoms with Crippen molar-refractivity contribution in [1.29, 1.82) is 0 Å². The van der Waals surface area contributed by atoms with Crippen LogP contribution in [0.15, 0.2) is 42.9 Å². The molecule has 1 aliphatic heterocycles. The minimum atomic E-state index is -0.0493. The number of ether oxygens (including phenoxy) is 1. The van der Waals surface area contributed by atoms with Gasteiger partial charge in [0.1, 0.15) is 12.4 Å². The second-order valence-electron chi connectivity index (χ2n) is 5.19. The minimum Gasteiger partial charge on any atom is -0.472 e. The number of carbonyl (C=O) groups is 1. The van der Waals surface area contributed by atoms with E-state index in [1.165, 1.54) is 6.33 Å². The van der Waals surface area contributed by atoms with Gasteiger partial charge in [-0.25, -0.2) is 9.97 Å². The topological polar surface area (TPSA) is 55.3 Å². The molecule has 0 aliphatic carbocycles. The first-order valence-electron chi connectivity index (χ1n) is 7.20. The van der Waals surface area contributed by atoms with Crippen LogP contribution in [-0.4, -0.2) is 40.0 Å². The molecule has 1 unspecified atom stereocenters. The fraction of sp³-hybridized carbons (Fsp3) is 0.312. The normalized spacial score (nSPS) is 18.0. The minimum absolute atomic E-state index is 0.0153. The summed E-state index contributed by atoms with van der Waals surface area (Å²) in [7, 11) is 0. The van der Waals surface area contributed by atoms with Crippen molar-refractivity contribution >= 4 is 17.5 Å². The summed E-state index contributed by atoms with van der Waals surface area (Å²) >= 11 is 5.95. The van der Waals surface area contributed by atoms with Crippen LogP contribution < -0.4 is 4.74 Å². The summed E-state index contributed by atoms with van der Waals surface area (Å²) in [6.07, 6.45) is 4.85. The van der Waals surface area contributed by atoms with E-state index in [9.17, 15) is 4.79 Å². The highest BCUT2D eigenvalue weighted by molar-refractivity contribution is 6.30. The van der Waals surface area contributed by atoms with Crippen LogP contribution in [0.2, 0.25) is 5.02 Å². The summed E-state index contributed by atoms with van der Waals surface area (Å²) in [4.78, 5) is 22.3. The summed E-state index contributed by atoms with van der Waals surface area (Å²) < 4.78 is 5.82. The molecule has 1 amide bonds. The van der Waals surface area contributed by atoms with Crippen LogP contribution in [0, 0.1) is 0 Å². The lowest BCUT2D eigenvalue weighted by Gasteiger charge is -2.32. The Kier molecular flexibility index (Phi) is 4.53. The van der Waals surface area contributed by atoms with Crippen molar-refractivity contribution in [2.75, 3.05) is 13.1 Å². The first-order valence-corrected chi connectivity index (χ1v) is 7.58. The smallest absolute Gasteiger partial charge is 0.254 e. The van der Waals surface area contributed by atoms with Crippen molar-refractivity contribution < 1.29 is 9.53 Å². The number of aromatic nitrogens is 2. The average Bonchev–Trinajstić information content (AvgIpc) is 2.55. The number of likely N-dealkylation sites (tertiary alicyclic amines) is 1. The second-order valence-corrected chi connectivity index (χ2v) is 5.63. The summed E-state index contributed by atoms with van der Waals surface area (Å²) in [5.74, 6) is 0.524. The van der Waals surface area contributed by atoms with Gasteiger partial charge in [0.05, 0.1) is 6.54 Å². The van der Waals surface area contributed by atoms with Gasteiger partial charge in [-0.1, -0.05) is 17.7 Å². The van der Waals surface area contributed by atoms with Crippen LogP contribution in [-0.2, 0) is 0 Å². The molecule has 1 aromatic heterocycles. The van der Waals surface area contributed by atoms with E-state index in [1.807, 2.05) is 0 Å². The van der Waals surface area contributed by atoms with Crippen molar-refractivity contribution in [1.82, 2.24) is 14.9 Å². The van der Waals surface area contributed by atoms with Crippen LogP contribution in [0.4, 0.5) is 0 Å². The van der Waals surface area contributed by atoms with Crippen LogP contribution >= 0.6 is 11.6 Å². The van der Waals surface area contributed by atoms with Crippen LogP contribution in [0.3, 0.4) is 0 Å². The maximum Gasteiger partial charge on any atom is 0.254 e. The molecule has 0 radical (unpaired) electrons. The predicted octanol–water partition coefficient (Wildman–Crippen LogP) is 2.81. The molecule has 2 aromatic rings. The van der Waals surface area contributed by atoms with Gasteiger partial charge < -0.3 is 9.64 Å². The van der Waals surface area contributed by atoms with Gasteiger partial charge in [-0.3, -0.25) is 4.79 Å². The van der Waals surface area contributed by atoms with E-state index in [4.69, 9.17) is 16.3 Å². The lowest BCUT2D eigenvalue weighted by Crippen LogP contribution is -2.44. The Morgan fingerprint density at radius 2 is 2.27 bits per heavy atom. The highest BCUT2D eigenvalue weighted by Crippen LogP contribution is 2.19. The molecule has 6 heteroatoms. The summed E-state index contributed by atoms with van der Waals surface area (Å²) in [5.41, 5.74) is 0.607. The molecule has 1 atom stereocenters. The number of carbonyl (C=O) groups excluding carboxylic acids is 1. The number of benzene rings is 1. The van der Waals surface area contributed by atoms with E-state index >= 15 is 0 Å². The Morgan fingerprint density at radius 3 is 3.05 bits per heavy atom. The third-order valence-corrected chi connectivity index (χ3v) is 3.81. The third-order valence-electron chi connectivity index (χ3n) is 3.58. The Balaban J connectivity index is 1.66. The van der Waals surface area contributed by atoms with E-state index in [-0.39, 0.29) is 12.0 Å². The maximum atomic E-state index is 12.5. The Bertz CT molecular complexity index is 651. The molecule has 0 bridgehead atoms. The monoisotopic (exact) mass is 317 g/mol. The van der Waals surface area contributed by atoms with Crippen LogP contribution in [0.25, 0.3) is 0 Å². The standard InChI is InChI=1S/C16H16ClN3O2/c17-13-4-1-3-12(9-13)16(21)20-8-2-5-14(10-20)22-15-6-7-18-11-19-15/h1,3-4,6-7,9,11,14H,2,5,8,10H2. The summed E-state index contributed by atoms with van der Waals surface area (Å²) in [6.45, 7) is 1.28. The van der Waals surface area contributed by atoms with Crippen LogP contribution in [0.1, 0.15) is 23.2 Å². The number of amides is 1. The van der Waals surface area contributed by atoms with Gasteiger partial charge in [0.15, 0.2) is 0 Å². The summed E-state index contributed by atoms with van der Waals surface area (Å²) in [5, 5.41) is 0.566. The van der Waals surface area contributed by atoms with E-state index in [0.29, 0.717) is 23.0 Å². The number of rotatable bonds is 3. The molecule has 3 rings (SSSR count). The van der Waals surface area contributed by atoms with Gasteiger partial charge in [-0.05, 0) is 31.0 Å². The molecular weight excluding hydrogens is 302 g/mol. The molecule has 114 valence electrons. The Morgan fingerprint density at radius 1 is 1.36 bits per heavy atom. The van der Waals surface area contributed by atoms with Gasteiger partial charge >= 0.3 is 0 Å². The predicted molar refractivity (Wildman–Crippen MR) is 83.0 cm³/mol. The molecule has 1 aromatic carbocycles. The molecule has 0 N–H and O–H groups in total. The van der Waals surface area contributed by atoms with E-state index in [0.717, 1.165) is 19.4 Å². The highest BCUT2D eigenvalue weighted by Gasteiger charge is 2.26. The summed E-state index contributed by atoms with van der Waals surface area (Å²) in [6, 6.07) is 8.74. The van der Waals surface area contributed by atoms with E-state index in [1.54, 1.807) is 41.4 Å². The van der Waals surface area contributed by atoms with Crippen molar-refractivity contribution in [3.05, 3.63) is 53.4 Å². The second kappa shape index (κ2) is 6.75. The number of nitrogens with zero attached hydrogens (tertiary/aromatic N) is 3. The van der Waals surface area contributed by atoms with Crippen molar-refractivity contribution in [2.45, 2.75) is 18.9 Å². The molecule has 22 heavy (non-hydrogen) atoms. The first kappa shape index (κ1) is 14.8. The number of hydrogen-bond donors (Lipinski definition) is 0. The third kappa shape index (κ3) is 3.54. The number of hydrogen-bond acceptors (Lipinski definition) is 4. The quantitative estimate of drug-likeness (QED) is 0.873. The zero-order chi connectivity index (χ0) is 15.4. The molecular formula is C16H16ClN3O2. The van der Waals surface area contributed by atoms with Crippen molar-refractivity contribution in [2.24, 2.45) is 0 Å². The largest absolute Gasteiger partial charge is 0.472 e. The highest BCUT2D eigenvalue weighted by atomic mass is 35.5. The van der Waals surface area contributed by atoms with Gasteiger partial charge in [0.2, 0.25) is 5.88 Å². The van der Waals surface area contributed by atoms with Gasteiger partial charge in [-0.15, -0.1) is 0 Å². The van der Waals surface area contributed by atoms with E-state index in [2.05, 4.69) is 9.97 Å². The maximum absolute atomic E-state index is 12.5. The zero-order valence-electron chi connectivity index (χ0n) is 12.0. The van der Waals surface area contributed by atoms with Gasteiger partial charge in [0.25, 0.3) is 5.91 Å². The molecule has 0 saturated carbocycles. The van der Waals surface area contributed by atoms with Crippen LogP contribution in [0.5, 0.6) is 5.88 Å².